The third-order valence-electron chi connectivity index (χ3n) is 7.04. The number of hydrogen-bond donors (Lipinski definition) is 1. The molecular formula is C30H39FN4O5. The third-order valence-corrected chi connectivity index (χ3v) is 7.04. The minimum absolute atomic E-state index is 0.0606. The second-order valence-corrected chi connectivity index (χ2v) is 11.6. The Morgan fingerprint density at radius 2 is 2.00 bits per heavy atom. The maximum Gasteiger partial charge on any atom is 0.308 e. The van der Waals surface area contributed by atoms with Crippen LogP contribution in [0.15, 0.2) is 40.9 Å². The fourth-order valence-corrected chi connectivity index (χ4v) is 4.90. The summed E-state index contributed by atoms with van der Waals surface area (Å²) in [6.07, 6.45) is 0.732. The number of aliphatic carboxylic acids is 1. The average molecular weight is 555 g/mol. The molecular weight excluding hydrogens is 515 g/mol. The van der Waals surface area contributed by atoms with E-state index >= 15 is 0 Å². The topological polar surface area (TPSA) is 101 Å². The summed E-state index contributed by atoms with van der Waals surface area (Å²) in [6.45, 7) is 12.5. The lowest BCUT2D eigenvalue weighted by atomic mass is 9.80. The van der Waals surface area contributed by atoms with Gasteiger partial charge in [0.15, 0.2) is 0 Å². The molecule has 0 aliphatic carbocycles. The number of carboxylic acids is 1. The first kappa shape index (κ1) is 29.5. The Morgan fingerprint density at radius 1 is 1.23 bits per heavy atom. The largest absolute Gasteiger partial charge is 0.491 e. The first-order chi connectivity index (χ1) is 19.0. The normalized spacial score (nSPS) is 14.2. The monoisotopic (exact) mass is 554 g/mol. The molecule has 1 aliphatic heterocycles. The van der Waals surface area contributed by atoms with Crippen LogP contribution in [-0.2, 0) is 22.5 Å². The van der Waals surface area contributed by atoms with Gasteiger partial charge in [-0.1, -0.05) is 32.9 Å². The van der Waals surface area contributed by atoms with Crippen molar-refractivity contribution in [3.63, 3.8) is 0 Å². The molecule has 4 rings (SSSR count). The maximum absolute atomic E-state index is 14.8. The summed E-state index contributed by atoms with van der Waals surface area (Å²) in [6, 6.07) is 10.8. The zero-order chi connectivity index (χ0) is 29.0. The van der Waals surface area contributed by atoms with Crippen LogP contribution in [0.4, 0.5) is 16.0 Å². The molecule has 1 atom stereocenters. The second-order valence-electron chi connectivity index (χ2n) is 11.6. The first-order valence-electron chi connectivity index (χ1n) is 13.6. The molecule has 0 bridgehead atoms. The molecule has 0 amide bonds. The molecule has 1 unspecified atom stereocenters. The molecule has 2 aromatic carbocycles. The van der Waals surface area contributed by atoms with Crippen molar-refractivity contribution in [3.8, 4) is 17.2 Å². The van der Waals surface area contributed by atoms with Gasteiger partial charge in [-0.3, -0.25) is 9.69 Å². The van der Waals surface area contributed by atoms with Crippen molar-refractivity contribution < 1.29 is 28.3 Å². The smallest absolute Gasteiger partial charge is 0.308 e. The molecule has 216 valence electrons. The summed E-state index contributed by atoms with van der Waals surface area (Å²) < 4.78 is 31.0. The van der Waals surface area contributed by atoms with Crippen molar-refractivity contribution >= 4 is 17.6 Å². The number of benzene rings is 2. The van der Waals surface area contributed by atoms with Gasteiger partial charge < -0.3 is 24.0 Å². The van der Waals surface area contributed by atoms with Crippen molar-refractivity contribution in [1.29, 1.82) is 0 Å². The lowest BCUT2D eigenvalue weighted by molar-refractivity contribution is -0.146. The van der Waals surface area contributed by atoms with E-state index in [0.29, 0.717) is 44.5 Å². The molecule has 0 saturated heterocycles. The Bertz CT molecular complexity index is 1320. The Morgan fingerprint density at radius 3 is 2.65 bits per heavy atom. The molecule has 0 saturated carbocycles. The zero-order valence-electron chi connectivity index (χ0n) is 24.1. The number of nitrogens with zero attached hydrogens (tertiary/aromatic N) is 4. The summed E-state index contributed by atoms with van der Waals surface area (Å²) in [7, 11) is 1.65. The van der Waals surface area contributed by atoms with Gasteiger partial charge in [-0.25, -0.2) is 4.39 Å². The SMILES string of the molecule is COCCN(Cc1ccc2c(c1)CCN2c1noc(-c2ccc(OC(C)C)cc2F)n1)CC(C(=O)O)C(C)(C)C. The van der Waals surface area contributed by atoms with Crippen LogP contribution >= 0.6 is 0 Å². The number of rotatable bonds is 12. The Kier molecular flexibility index (Phi) is 9.10. The van der Waals surface area contributed by atoms with Crippen LogP contribution in [0.5, 0.6) is 5.75 Å². The minimum atomic E-state index is -0.793. The maximum atomic E-state index is 14.8. The average Bonchev–Trinajstić information content (AvgIpc) is 3.51. The quantitative estimate of drug-likeness (QED) is 0.309. The van der Waals surface area contributed by atoms with E-state index in [1.165, 1.54) is 6.07 Å². The van der Waals surface area contributed by atoms with E-state index in [-0.39, 0.29) is 23.0 Å². The molecule has 0 spiro atoms. The van der Waals surface area contributed by atoms with Gasteiger partial charge in [0.2, 0.25) is 0 Å². The summed E-state index contributed by atoms with van der Waals surface area (Å²) in [5, 5.41) is 14.0. The molecule has 9 nitrogen and oxygen atoms in total. The van der Waals surface area contributed by atoms with Gasteiger partial charge in [-0.15, -0.1) is 0 Å². The van der Waals surface area contributed by atoms with Gasteiger partial charge in [0, 0.05) is 45.0 Å². The van der Waals surface area contributed by atoms with Gasteiger partial charge in [0.1, 0.15) is 11.6 Å². The standard InChI is InChI=1S/C30H39FN4O5/c1-19(2)39-22-8-9-23(25(31)16-22)27-32-29(33-40-27)35-12-11-21-15-20(7-10-26(21)35)17-34(13-14-38-6)18-24(28(36)37)30(3,4)5/h7-10,15-16,19,24H,11-14,17-18H2,1-6H3,(H,36,37). The minimum Gasteiger partial charge on any atom is -0.491 e. The van der Waals surface area contributed by atoms with E-state index in [9.17, 15) is 14.3 Å². The van der Waals surface area contributed by atoms with Crippen LogP contribution in [0.3, 0.4) is 0 Å². The van der Waals surface area contributed by atoms with Crippen LogP contribution in [0.2, 0.25) is 0 Å². The lowest BCUT2D eigenvalue weighted by Gasteiger charge is -2.32. The highest BCUT2D eigenvalue weighted by Gasteiger charge is 2.33. The van der Waals surface area contributed by atoms with Crippen molar-refractivity contribution in [2.75, 3.05) is 38.3 Å². The molecule has 3 aromatic rings. The molecule has 1 aromatic heterocycles. The number of anilines is 2. The molecule has 1 aliphatic rings. The number of carbonyl (C=O) groups is 1. The number of ether oxygens (including phenoxy) is 2. The third kappa shape index (κ3) is 6.98. The lowest BCUT2D eigenvalue weighted by Crippen LogP contribution is -2.41. The van der Waals surface area contributed by atoms with Gasteiger partial charge in [0.25, 0.3) is 11.8 Å². The molecule has 0 radical (unpaired) electrons. The van der Waals surface area contributed by atoms with Gasteiger partial charge >= 0.3 is 5.97 Å². The number of fused-ring (bicyclic) bond motifs is 1. The molecule has 2 heterocycles. The van der Waals surface area contributed by atoms with Crippen molar-refractivity contribution in [1.82, 2.24) is 15.0 Å². The molecule has 0 fully saturated rings. The summed E-state index contributed by atoms with van der Waals surface area (Å²) in [4.78, 5) is 20.6. The van der Waals surface area contributed by atoms with E-state index < -0.39 is 17.7 Å². The predicted octanol–water partition coefficient (Wildman–Crippen LogP) is 5.55. The fourth-order valence-electron chi connectivity index (χ4n) is 4.90. The van der Waals surface area contributed by atoms with Crippen LogP contribution in [-0.4, -0.2) is 65.6 Å². The second kappa shape index (κ2) is 12.3. The highest BCUT2D eigenvalue weighted by molar-refractivity contribution is 5.71. The van der Waals surface area contributed by atoms with Crippen LogP contribution in [0.25, 0.3) is 11.5 Å². The first-order valence-corrected chi connectivity index (χ1v) is 13.6. The van der Waals surface area contributed by atoms with Crippen molar-refractivity contribution in [2.24, 2.45) is 11.3 Å². The van der Waals surface area contributed by atoms with Crippen LogP contribution in [0.1, 0.15) is 45.7 Å². The van der Waals surface area contributed by atoms with Crippen LogP contribution < -0.4 is 9.64 Å². The van der Waals surface area contributed by atoms with Gasteiger partial charge in [-0.2, -0.15) is 4.98 Å². The van der Waals surface area contributed by atoms with E-state index in [1.54, 1.807) is 19.2 Å². The van der Waals surface area contributed by atoms with E-state index in [2.05, 4.69) is 21.1 Å². The molecule has 10 heteroatoms. The van der Waals surface area contributed by atoms with E-state index in [0.717, 1.165) is 23.2 Å². The Hall–Kier alpha value is -3.50. The van der Waals surface area contributed by atoms with Gasteiger partial charge in [0.05, 0.1) is 24.2 Å². The zero-order valence-corrected chi connectivity index (χ0v) is 24.1. The number of methoxy groups -OCH3 is 1. The van der Waals surface area contributed by atoms with Crippen molar-refractivity contribution in [2.45, 2.75) is 53.7 Å². The number of hydrogen-bond acceptors (Lipinski definition) is 8. The number of halogens is 1. The predicted molar refractivity (Wildman–Crippen MR) is 150 cm³/mol. The highest BCUT2D eigenvalue weighted by Crippen LogP contribution is 2.36. The summed E-state index contributed by atoms with van der Waals surface area (Å²) in [5.74, 6) is -0.870. The molecule has 40 heavy (non-hydrogen) atoms. The summed E-state index contributed by atoms with van der Waals surface area (Å²) >= 11 is 0. The Labute approximate surface area is 234 Å². The fraction of sp³-hybridized carbons (Fsp3) is 0.500. The van der Waals surface area contributed by atoms with Gasteiger partial charge in [-0.05, 0) is 60.2 Å². The van der Waals surface area contributed by atoms with Crippen LogP contribution in [0, 0.1) is 17.2 Å². The van der Waals surface area contributed by atoms with E-state index in [1.807, 2.05) is 51.7 Å². The summed E-state index contributed by atoms with van der Waals surface area (Å²) in [5.41, 5.74) is 3.05. The Balaban J connectivity index is 1.50. The van der Waals surface area contributed by atoms with E-state index in [4.69, 9.17) is 14.0 Å². The number of aromatic nitrogens is 2. The molecule has 1 N–H and O–H groups in total. The highest BCUT2D eigenvalue weighted by atomic mass is 19.1. The number of carboxylic acid groups (broad SMARTS) is 1. The van der Waals surface area contributed by atoms with Crippen molar-refractivity contribution in [3.05, 3.63) is 53.3 Å².